The summed E-state index contributed by atoms with van der Waals surface area (Å²) in [7, 11) is -2.12. The van der Waals surface area contributed by atoms with Crippen LogP contribution in [0, 0.1) is 5.92 Å². The van der Waals surface area contributed by atoms with Crippen LogP contribution in [-0.4, -0.2) is 32.3 Å². The normalized spacial score (nSPS) is 11.6. The number of nitrogens with zero attached hydrogens (tertiary/aromatic N) is 1. The summed E-state index contributed by atoms with van der Waals surface area (Å²) in [4.78, 5) is 13.1. The van der Waals surface area contributed by atoms with E-state index in [1.807, 2.05) is 36.4 Å². The third-order valence-electron chi connectivity index (χ3n) is 5.21. The number of sulfonamides is 1. The van der Waals surface area contributed by atoms with Crippen LogP contribution in [0.5, 0.6) is 5.75 Å². The SMILES string of the molecule is CC(C)CCOc1ccc(Br)cc1C(=O)Nc1ccc(S(=O)(=O)N(C)Cc2ccccc2)cc1. The van der Waals surface area contributed by atoms with Gasteiger partial charge in [0, 0.05) is 23.8 Å². The molecular weight excluding hydrogens is 516 g/mol. The molecule has 0 heterocycles. The third kappa shape index (κ3) is 6.91. The van der Waals surface area contributed by atoms with Gasteiger partial charge in [0.05, 0.1) is 17.1 Å². The van der Waals surface area contributed by atoms with Crippen molar-refractivity contribution in [3.63, 3.8) is 0 Å². The minimum absolute atomic E-state index is 0.157. The molecule has 0 aromatic heterocycles. The molecule has 0 aliphatic rings. The molecule has 6 nitrogen and oxygen atoms in total. The van der Waals surface area contributed by atoms with Gasteiger partial charge < -0.3 is 10.1 Å². The van der Waals surface area contributed by atoms with Crippen LogP contribution in [0.3, 0.4) is 0 Å². The maximum atomic E-state index is 12.9. The number of rotatable bonds is 10. The van der Waals surface area contributed by atoms with E-state index in [-0.39, 0.29) is 17.3 Å². The molecule has 0 aliphatic carbocycles. The Balaban J connectivity index is 1.71. The fourth-order valence-corrected chi connectivity index (χ4v) is 4.74. The summed E-state index contributed by atoms with van der Waals surface area (Å²) in [6, 6.07) is 20.8. The van der Waals surface area contributed by atoms with Crippen LogP contribution in [0.1, 0.15) is 36.2 Å². The molecule has 180 valence electrons. The number of anilines is 1. The molecule has 0 bridgehead atoms. The van der Waals surface area contributed by atoms with Gasteiger partial charge >= 0.3 is 0 Å². The average Bonchev–Trinajstić information content (AvgIpc) is 2.80. The second-order valence-electron chi connectivity index (χ2n) is 8.40. The molecule has 3 aromatic rings. The Hall–Kier alpha value is -2.68. The first-order chi connectivity index (χ1) is 16.2. The number of nitrogens with one attached hydrogen (secondary N) is 1. The number of amides is 1. The Morgan fingerprint density at radius 1 is 1.03 bits per heavy atom. The standard InChI is InChI=1S/C26H29BrN2O4S/c1-19(2)15-16-33-25-14-9-21(27)17-24(25)26(30)28-22-10-12-23(13-11-22)34(31,32)29(3)18-20-7-5-4-6-8-20/h4-14,17,19H,15-16,18H2,1-3H3,(H,28,30). The number of carbonyl (C=O) groups excluding carboxylic acids is 1. The van der Waals surface area contributed by atoms with Gasteiger partial charge in [0.2, 0.25) is 10.0 Å². The number of hydrogen-bond acceptors (Lipinski definition) is 4. The zero-order valence-electron chi connectivity index (χ0n) is 19.5. The van der Waals surface area contributed by atoms with E-state index >= 15 is 0 Å². The quantitative estimate of drug-likeness (QED) is 0.342. The van der Waals surface area contributed by atoms with E-state index in [0.29, 0.717) is 29.5 Å². The third-order valence-corrected chi connectivity index (χ3v) is 7.52. The minimum atomic E-state index is -3.67. The maximum Gasteiger partial charge on any atom is 0.259 e. The molecule has 0 saturated heterocycles. The lowest BCUT2D eigenvalue weighted by atomic mass is 10.1. The van der Waals surface area contributed by atoms with Crippen molar-refractivity contribution < 1.29 is 17.9 Å². The van der Waals surface area contributed by atoms with Gasteiger partial charge in [-0.25, -0.2) is 8.42 Å². The second-order valence-corrected chi connectivity index (χ2v) is 11.4. The Bertz CT molecular complexity index is 1210. The van der Waals surface area contributed by atoms with Crippen molar-refractivity contribution in [2.75, 3.05) is 19.0 Å². The van der Waals surface area contributed by atoms with Crippen LogP contribution in [0.2, 0.25) is 0 Å². The van der Waals surface area contributed by atoms with Crippen LogP contribution < -0.4 is 10.1 Å². The zero-order valence-corrected chi connectivity index (χ0v) is 21.9. The van der Waals surface area contributed by atoms with Gasteiger partial charge in [-0.15, -0.1) is 0 Å². The maximum absolute atomic E-state index is 12.9. The van der Waals surface area contributed by atoms with Gasteiger partial charge in [-0.1, -0.05) is 60.1 Å². The first-order valence-electron chi connectivity index (χ1n) is 11.0. The number of benzene rings is 3. The van der Waals surface area contributed by atoms with Crippen molar-refractivity contribution in [2.24, 2.45) is 5.92 Å². The summed E-state index contributed by atoms with van der Waals surface area (Å²) in [5.41, 5.74) is 1.79. The Kier molecular flexibility index (Phi) is 8.88. The van der Waals surface area contributed by atoms with Crippen LogP contribution in [0.4, 0.5) is 5.69 Å². The minimum Gasteiger partial charge on any atom is -0.493 e. The molecule has 0 spiro atoms. The molecule has 1 amide bonds. The monoisotopic (exact) mass is 544 g/mol. The Morgan fingerprint density at radius 3 is 2.35 bits per heavy atom. The van der Waals surface area contributed by atoms with E-state index in [1.54, 1.807) is 31.3 Å². The molecular formula is C26H29BrN2O4S. The first kappa shape index (κ1) is 25.9. The van der Waals surface area contributed by atoms with Crippen LogP contribution in [0.15, 0.2) is 82.2 Å². The molecule has 0 unspecified atom stereocenters. The fourth-order valence-electron chi connectivity index (χ4n) is 3.22. The predicted molar refractivity (Wildman–Crippen MR) is 139 cm³/mol. The number of hydrogen-bond donors (Lipinski definition) is 1. The molecule has 8 heteroatoms. The summed E-state index contributed by atoms with van der Waals surface area (Å²) in [5, 5.41) is 2.82. The van der Waals surface area contributed by atoms with Crippen LogP contribution in [0.25, 0.3) is 0 Å². The number of carbonyl (C=O) groups is 1. The highest BCUT2D eigenvalue weighted by Crippen LogP contribution is 2.26. The summed E-state index contributed by atoms with van der Waals surface area (Å²) < 4.78 is 33.8. The van der Waals surface area contributed by atoms with Gasteiger partial charge in [0.1, 0.15) is 5.75 Å². The van der Waals surface area contributed by atoms with Gasteiger partial charge in [-0.3, -0.25) is 4.79 Å². The summed E-state index contributed by atoms with van der Waals surface area (Å²) >= 11 is 3.40. The Morgan fingerprint density at radius 2 is 1.71 bits per heavy atom. The molecule has 34 heavy (non-hydrogen) atoms. The Labute approximate surface area is 210 Å². The van der Waals surface area contributed by atoms with E-state index in [1.165, 1.54) is 16.4 Å². The largest absolute Gasteiger partial charge is 0.493 e. The number of halogens is 1. The van der Waals surface area contributed by atoms with Gasteiger partial charge in [-0.05, 0) is 60.4 Å². The molecule has 1 N–H and O–H groups in total. The summed E-state index contributed by atoms with van der Waals surface area (Å²) in [5.74, 6) is 0.662. The molecule has 0 saturated carbocycles. The molecule has 0 radical (unpaired) electrons. The predicted octanol–water partition coefficient (Wildman–Crippen LogP) is 5.95. The fraction of sp³-hybridized carbons (Fsp3) is 0.269. The summed E-state index contributed by atoms with van der Waals surface area (Å²) in [6.45, 7) is 5.01. The van der Waals surface area contributed by atoms with Crippen LogP contribution >= 0.6 is 15.9 Å². The van der Waals surface area contributed by atoms with Crippen molar-refractivity contribution in [3.8, 4) is 5.75 Å². The van der Waals surface area contributed by atoms with Crippen molar-refractivity contribution in [1.29, 1.82) is 0 Å². The van der Waals surface area contributed by atoms with E-state index in [4.69, 9.17) is 4.74 Å². The summed E-state index contributed by atoms with van der Waals surface area (Å²) in [6.07, 6.45) is 0.881. The number of ether oxygens (including phenoxy) is 1. The highest BCUT2D eigenvalue weighted by atomic mass is 79.9. The second kappa shape index (κ2) is 11.6. The molecule has 3 aromatic carbocycles. The van der Waals surface area contributed by atoms with E-state index in [0.717, 1.165) is 16.5 Å². The molecule has 0 aliphatic heterocycles. The van der Waals surface area contributed by atoms with E-state index < -0.39 is 10.0 Å². The average molecular weight is 545 g/mol. The highest BCUT2D eigenvalue weighted by molar-refractivity contribution is 9.10. The van der Waals surface area contributed by atoms with Crippen LogP contribution in [-0.2, 0) is 16.6 Å². The van der Waals surface area contributed by atoms with E-state index in [9.17, 15) is 13.2 Å². The van der Waals surface area contributed by atoms with Gasteiger partial charge in [0.25, 0.3) is 5.91 Å². The van der Waals surface area contributed by atoms with E-state index in [2.05, 4.69) is 35.1 Å². The molecule has 3 rings (SSSR count). The topological polar surface area (TPSA) is 75.7 Å². The molecule has 0 atom stereocenters. The lowest BCUT2D eigenvalue weighted by Gasteiger charge is -2.18. The lowest BCUT2D eigenvalue weighted by molar-refractivity contribution is 0.102. The zero-order chi connectivity index (χ0) is 24.7. The highest BCUT2D eigenvalue weighted by Gasteiger charge is 2.21. The van der Waals surface area contributed by atoms with Gasteiger partial charge in [0.15, 0.2) is 0 Å². The van der Waals surface area contributed by atoms with Gasteiger partial charge in [-0.2, -0.15) is 4.31 Å². The van der Waals surface area contributed by atoms with Crippen molar-refractivity contribution in [2.45, 2.75) is 31.7 Å². The van der Waals surface area contributed by atoms with Crippen molar-refractivity contribution >= 4 is 37.5 Å². The molecule has 0 fully saturated rings. The lowest BCUT2D eigenvalue weighted by Crippen LogP contribution is -2.26. The first-order valence-corrected chi connectivity index (χ1v) is 13.2. The van der Waals surface area contributed by atoms with Crippen molar-refractivity contribution in [1.82, 2.24) is 4.31 Å². The van der Waals surface area contributed by atoms with Crippen molar-refractivity contribution in [3.05, 3.63) is 88.4 Å². The smallest absolute Gasteiger partial charge is 0.259 e.